The van der Waals surface area contributed by atoms with Crippen molar-refractivity contribution in [2.45, 2.75) is 38.6 Å². The van der Waals surface area contributed by atoms with Gasteiger partial charge in [0.15, 0.2) is 0 Å². The third kappa shape index (κ3) is 3.93. The van der Waals surface area contributed by atoms with E-state index in [2.05, 4.69) is 10.6 Å². The Hall–Kier alpha value is -2.11. The lowest BCUT2D eigenvalue weighted by Crippen LogP contribution is -2.46. The normalized spacial score (nSPS) is 21.6. The van der Waals surface area contributed by atoms with E-state index in [9.17, 15) is 14.0 Å². The monoisotopic (exact) mass is 294 g/mol. The molecule has 0 aliphatic heterocycles. The molecule has 6 heteroatoms. The van der Waals surface area contributed by atoms with E-state index in [-0.39, 0.29) is 5.69 Å². The third-order valence-corrected chi connectivity index (χ3v) is 3.77. The minimum Gasteiger partial charge on any atom is -0.481 e. The molecular formula is C15H19FN2O3. The number of carboxylic acids is 1. The number of carboxylic acid groups (broad SMARTS) is 1. The Morgan fingerprint density at radius 3 is 2.71 bits per heavy atom. The summed E-state index contributed by atoms with van der Waals surface area (Å²) in [6.07, 6.45) is 2.91. The molecule has 1 aliphatic rings. The van der Waals surface area contributed by atoms with Crippen LogP contribution in [0.3, 0.4) is 0 Å². The van der Waals surface area contributed by atoms with E-state index in [1.54, 1.807) is 13.0 Å². The summed E-state index contributed by atoms with van der Waals surface area (Å²) in [7, 11) is 0. The molecule has 114 valence electrons. The lowest BCUT2D eigenvalue weighted by molar-refractivity contribution is -0.143. The number of hydrogen-bond acceptors (Lipinski definition) is 2. The molecule has 1 aliphatic carbocycles. The van der Waals surface area contributed by atoms with Gasteiger partial charge in [0.2, 0.25) is 0 Å². The highest BCUT2D eigenvalue weighted by Gasteiger charge is 2.31. The van der Waals surface area contributed by atoms with Crippen LogP contribution in [0.1, 0.15) is 31.2 Å². The van der Waals surface area contributed by atoms with E-state index in [1.807, 2.05) is 0 Å². The Balaban J connectivity index is 2.00. The lowest BCUT2D eigenvalue weighted by atomic mass is 9.84. The van der Waals surface area contributed by atoms with Crippen molar-refractivity contribution in [3.63, 3.8) is 0 Å². The molecular weight excluding hydrogens is 275 g/mol. The summed E-state index contributed by atoms with van der Waals surface area (Å²) in [6.45, 7) is 1.80. The maximum absolute atomic E-state index is 13.6. The molecule has 0 radical (unpaired) electrons. The zero-order valence-electron chi connectivity index (χ0n) is 11.9. The maximum atomic E-state index is 13.6. The second-order valence-electron chi connectivity index (χ2n) is 5.42. The van der Waals surface area contributed by atoms with Crippen molar-refractivity contribution in [2.75, 3.05) is 5.32 Å². The van der Waals surface area contributed by atoms with Gasteiger partial charge in [0.25, 0.3) is 0 Å². The fourth-order valence-corrected chi connectivity index (χ4v) is 2.66. The van der Waals surface area contributed by atoms with Crippen molar-refractivity contribution in [1.82, 2.24) is 5.32 Å². The van der Waals surface area contributed by atoms with Crippen LogP contribution in [-0.4, -0.2) is 23.1 Å². The molecule has 2 unspecified atom stereocenters. The van der Waals surface area contributed by atoms with E-state index in [0.717, 1.165) is 18.4 Å². The molecule has 0 heterocycles. The molecule has 21 heavy (non-hydrogen) atoms. The summed E-state index contributed by atoms with van der Waals surface area (Å²) < 4.78 is 13.6. The molecule has 2 amide bonds. The van der Waals surface area contributed by atoms with E-state index >= 15 is 0 Å². The van der Waals surface area contributed by atoms with Crippen LogP contribution in [0.5, 0.6) is 0 Å². The third-order valence-electron chi connectivity index (χ3n) is 3.77. The number of halogens is 1. The van der Waals surface area contributed by atoms with Crippen LogP contribution < -0.4 is 10.6 Å². The summed E-state index contributed by atoms with van der Waals surface area (Å²) >= 11 is 0. The molecule has 0 saturated heterocycles. The largest absolute Gasteiger partial charge is 0.481 e. The zero-order valence-corrected chi connectivity index (χ0v) is 11.9. The fourth-order valence-electron chi connectivity index (χ4n) is 2.66. The zero-order chi connectivity index (χ0) is 15.4. The minimum atomic E-state index is -0.901. The van der Waals surface area contributed by atoms with Gasteiger partial charge in [-0.3, -0.25) is 4.79 Å². The van der Waals surface area contributed by atoms with Gasteiger partial charge >= 0.3 is 12.0 Å². The standard InChI is InChI=1S/C15H19FN2O3/c1-9-6-7-11(16)13(8-9)18-15(21)17-12-5-3-2-4-10(12)14(19)20/h6-8,10,12H,2-5H2,1H3,(H,19,20)(H2,17,18,21). The second kappa shape index (κ2) is 6.56. The van der Waals surface area contributed by atoms with Gasteiger partial charge in [-0.15, -0.1) is 0 Å². The number of anilines is 1. The highest BCUT2D eigenvalue weighted by Crippen LogP contribution is 2.25. The van der Waals surface area contributed by atoms with Gasteiger partial charge in [0.05, 0.1) is 11.6 Å². The summed E-state index contributed by atoms with van der Waals surface area (Å²) in [6, 6.07) is 3.44. The summed E-state index contributed by atoms with van der Waals surface area (Å²) in [5, 5.41) is 14.2. The van der Waals surface area contributed by atoms with Crippen LogP contribution in [0.4, 0.5) is 14.9 Å². The predicted octanol–water partition coefficient (Wildman–Crippen LogP) is 2.90. The molecule has 0 aromatic heterocycles. The molecule has 1 aromatic carbocycles. The van der Waals surface area contributed by atoms with E-state index in [1.165, 1.54) is 12.1 Å². The van der Waals surface area contributed by atoms with Gasteiger partial charge in [0.1, 0.15) is 5.82 Å². The van der Waals surface area contributed by atoms with Crippen molar-refractivity contribution < 1.29 is 19.1 Å². The van der Waals surface area contributed by atoms with Crippen LogP contribution in [0.25, 0.3) is 0 Å². The Kier molecular flexibility index (Phi) is 4.77. The number of carbonyl (C=O) groups is 2. The van der Waals surface area contributed by atoms with Crippen LogP contribution in [0.2, 0.25) is 0 Å². The number of hydrogen-bond donors (Lipinski definition) is 3. The van der Waals surface area contributed by atoms with Crippen molar-refractivity contribution in [3.05, 3.63) is 29.6 Å². The topological polar surface area (TPSA) is 78.4 Å². The summed E-state index contributed by atoms with van der Waals surface area (Å²) in [4.78, 5) is 23.1. The average Bonchev–Trinajstić information content (AvgIpc) is 2.43. The number of aryl methyl sites for hydroxylation is 1. The molecule has 0 spiro atoms. The van der Waals surface area contributed by atoms with E-state index < -0.39 is 29.8 Å². The number of urea groups is 1. The van der Waals surface area contributed by atoms with E-state index in [0.29, 0.717) is 12.8 Å². The Morgan fingerprint density at radius 2 is 2.00 bits per heavy atom. The highest BCUT2D eigenvalue weighted by atomic mass is 19.1. The average molecular weight is 294 g/mol. The van der Waals surface area contributed by atoms with Crippen LogP contribution in [-0.2, 0) is 4.79 Å². The van der Waals surface area contributed by atoms with Crippen molar-refractivity contribution >= 4 is 17.7 Å². The molecule has 2 atom stereocenters. The number of aliphatic carboxylic acids is 1. The highest BCUT2D eigenvalue weighted by molar-refractivity contribution is 5.90. The Labute approximate surface area is 122 Å². The van der Waals surface area contributed by atoms with Crippen LogP contribution >= 0.6 is 0 Å². The van der Waals surface area contributed by atoms with E-state index in [4.69, 9.17) is 5.11 Å². The van der Waals surface area contributed by atoms with Gasteiger partial charge in [-0.1, -0.05) is 18.9 Å². The summed E-state index contributed by atoms with van der Waals surface area (Å²) in [5.74, 6) is -2.00. The number of carbonyl (C=O) groups excluding carboxylic acids is 1. The second-order valence-corrected chi connectivity index (χ2v) is 5.42. The van der Waals surface area contributed by atoms with Crippen LogP contribution in [0.15, 0.2) is 18.2 Å². The first-order valence-electron chi connectivity index (χ1n) is 7.04. The number of rotatable bonds is 3. The van der Waals surface area contributed by atoms with Gasteiger partial charge in [0, 0.05) is 6.04 Å². The Morgan fingerprint density at radius 1 is 1.29 bits per heavy atom. The van der Waals surface area contributed by atoms with Gasteiger partial charge in [-0.05, 0) is 37.5 Å². The smallest absolute Gasteiger partial charge is 0.319 e. The molecule has 1 saturated carbocycles. The number of amides is 2. The van der Waals surface area contributed by atoms with Crippen LogP contribution in [0, 0.1) is 18.7 Å². The molecule has 0 bridgehead atoms. The minimum absolute atomic E-state index is 0.0928. The molecule has 1 fully saturated rings. The fraction of sp³-hybridized carbons (Fsp3) is 0.467. The maximum Gasteiger partial charge on any atom is 0.319 e. The number of nitrogens with one attached hydrogen (secondary N) is 2. The van der Waals surface area contributed by atoms with Crippen molar-refractivity contribution in [1.29, 1.82) is 0 Å². The Bertz CT molecular complexity index is 548. The molecule has 5 nitrogen and oxygen atoms in total. The number of benzene rings is 1. The van der Waals surface area contributed by atoms with Crippen molar-refractivity contribution in [3.8, 4) is 0 Å². The summed E-state index contributed by atoms with van der Waals surface area (Å²) in [5.41, 5.74) is 0.919. The van der Waals surface area contributed by atoms with Gasteiger partial charge < -0.3 is 15.7 Å². The molecule has 1 aromatic rings. The first-order chi connectivity index (χ1) is 9.97. The molecule has 3 N–H and O–H groups in total. The van der Waals surface area contributed by atoms with Gasteiger partial charge in [-0.25, -0.2) is 9.18 Å². The van der Waals surface area contributed by atoms with Crippen molar-refractivity contribution in [2.24, 2.45) is 5.92 Å². The first-order valence-corrected chi connectivity index (χ1v) is 7.04. The molecule has 2 rings (SSSR count). The quantitative estimate of drug-likeness (QED) is 0.802. The lowest BCUT2D eigenvalue weighted by Gasteiger charge is -2.29. The SMILES string of the molecule is Cc1ccc(F)c(NC(=O)NC2CCCCC2C(=O)O)c1. The first kappa shape index (κ1) is 15.3. The predicted molar refractivity (Wildman–Crippen MR) is 76.7 cm³/mol. The van der Waals surface area contributed by atoms with Gasteiger partial charge in [-0.2, -0.15) is 0 Å².